The number of rotatable bonds is 16. The monoisotopic (exact) mass is 1100 g/mol. The van der Waals surface area contributed by atoms with E-state index in [9.17, 15) is 49.2 Å². The molecule has 9 N–H and O–H groups in total. The lowest BCUT2D eigenvalue weighted by molar-refractivity contribution is -0.305. The first-order chi connectivity index (χ1) is 35.1. The number of amides is 5. The summed E-state index contributed by atoms with van der Waals surface area (Å²) in [6, 6.07) is -4.92. The first-order valence-corrected chi connectivity index (χ1v) is 26.7. The molecule has 0 radical (unpaired) electrons. The van der Waals surface area contributed by atoms with Gasteiger partial charge in [0.05, 0.1) is 37.4 Å². The van der Waals surface area contributed by atoms with E-state index < -0.39 is 143 Å². The van der Waals surface area contributed by atoms with Gasteiger partial charge in [0.1, 0.15) is 63.8 Å². The lowest BCUT2D eigenvalue weighted by Crippen LogP contribution is -2.71. The third-order valence-corrected chi connectivity index (χ3v) is 12.7. The summed E-state index contributed by atoms with van der Waals surface area (Å²) in [6.45, 7) is 27.0. The van der Waals surface area contributed by atoms with Crippen LogP contribution in [0, 0.1) is 11.8 Å². The molecule has 0 aromatic rings. The van der Waals surface area contributed by atoms with E-state index in [1.807, 2.05) is 0 Å². The molecule has 442 valence electrons. The number of likely N-dealkylation sites (N-methyl/N-ethyl adjacent to an activating group) is 1. The number of hydrogen-bond acceptors (Lipinski definition) is 19. The van der Waals surface area contributed by atoms with Gasteiger partial charge in [0.15, 0.2) is 6.29 Å². The van der Waals surface area contributed by atoms with Gasteiger partial charge in [-0.2, -0.15) is 0 Å². The molecule has 0 aromatic heterocycles. The Balaban J connectivity index is 1.75. The van der Waals surface area contributed by atoms with Gasteiger partial charge in [0, 0.05) is 31.5 Å². The van der Waals surface area contributed by atoms with Gasteiger partial charge >= 0.3 is 30.3 Å². The van der Waals surface area contributed by atoms with Gasteiger partial charge in [-0.1, -0.05) is 0 Å². The molecule has 2 heterocycles. The average Bonchev–Trinajstić information content (AvgIpc) is 3.21. The van der Waals surface area contributed by atoms with Crippen molar-refractivity contribution in [1.29, 1.82) is 0 Å². The van der Waals surface area contributed by atoms with Crippen molar-refractivity contribution in [3.05, 3.63) is 11.8 Å². The van der Waals surface area contributed by atoms with Crippen molar-refractivity contribution in [2.45, 2.75) is 250 Å². The van der Waals surface area contributed by atoms with E-state index in [4.69, 9.17) is 37.9 Å². The van der Waals surface area contributed by atoms with Crippen LogP contribution >= 0.6 is 0 Å². The minimum absolute atomic E-state index is 0.0534. The molecule has 4 aliphatic rings. The van der Waals surface area contributed by atoms with Gasteiger partial charge in [-0.05, 0) is 161 Å². The van der Waals surface area contributed by atoms with Crippen molar-refractivity contribution in [3.8, 4) is 0 Å². The third kappa shape index (κ3) is 20.8. The Morgan fingerprint density at radius 3 is 1.77 bits per heavy atom. The third-order valence-electron chi connectivity index (χ3n) is 12.7. The second-order valence-electron chi connectivity index (χ2n) is 26.0. The maximum Gasteiger partial charge on any atom is 0.410 e. The van der Waals surface area contributed by atoms with E-state index in [2.05, 4.69) is 26.6 Å². The smallest absolute Gasteiger partial charge is 0.410 e. The fourth-order valence-corrected chi connectivity index (χ4v) is 9.64. The normalized spacial score (nSPS) is 30.4. The molecule has 0 spiro atoms. The molecule has 77 heavy (non-hydrogen) atoms. The van der Waals surface area contributed by atoms with Crippen LogP contribution in [0.3, 0.4) is 0 Å². The summed E-state index contributed by atoms with van der Waals surface area (Å²) in [6.07, 6.45) is -10.7. The van der Waals surface area contributed by atoms with Gasteiger partial charge in [-0.3, -0.25) is 9.59 Å². The molecule has 24 heteroatoms. The van der Waals surface area contributed by atoms with E-state index in [0.29, 0.717) is 25.1 Å². The average molecular weight is 1100 g/mol. The van der Waals surface area contributed by atoms with Crippen molar-refractivity contribution >= 4 is 36.2 Å². The van der Waals surface area contributed by atoms with Crippen molar-refractivity contribution in [3.63, 3.8) is 0 Å². The molecular formula is C53H92N6O18. The highest BCUT2D eigenvalue weighted by molar-refractivity contribution is 5.81. The number of hydrogen-bond donors (Lipinski definition) is 9. The summed E-state index contributed by atoms with van der Waals surface area (Å²) < 4.78 is 46.9. The molecule has 1 saturated heterocycles. The molecule has 0 aromatic carbocycles. The van der Waals surface area contributed by atoms with Crippen LogP contribution < -0.4 is 26.6 Å². The highest BCUT2D eigenvalue weighted by Gasteiger charge is 2.57. The number of aliphatic hydroxyl groups excluding tert-OH is 3. The maximum absolute atomic E-state index is 14.0. The fraction of sp³-hybridized carbons (Fsp3) is 0.849. The number of nitrogens with zero attached hydrogens (tertiary/aromatic N) is 1. The first-order valence-electron chi connectivity index (χ1n) is 26.7. The molecule has 4 rings (SSSR count). The first kappa shape index (κ1) is 64.8. The summed E-state index contributed by atoms with van der Waals surface area (Å²) in [4.78, 5) is 80.8. The minimum atomic E-state index is -1.88. The van der Waals surface area contributed by atoms with E-state index in [1.54, 1.807) is 110 Å². The van der Waals surface area contributed by atoms with E-state index >= 15 is 0 Å². The van der Waals surface area contributed by atoms with E-state index in [0.717, 1.165) is 4.90 Å². The maximum atomic E-state index is 14.0. The van der Waals surface area contributed by atoms with Gasteiger partial charge < -0.3 is 89.8 Å². The van der Waals surface area contributed by atoms with Crippen LogP contribution in [-0.4, -0.2) is 189 Å². The molecule has 1 unspecified atom stereocenters. The second kappa shape index (κ2) is 25.6. The number of ether oxygens (including phenoxy) is 8. The zero-order valence-electron chi connectivity index (χ0n) is 48.4. The highest BCUT2D eigenvalue weighted by atomic mass is 16.7. The summed E-state index contributed by atoms with van der Waals surface area (Å²) in [5.74, 6) is -2.27. The SMILES string of the molecule is CN(C(=O)OC(C)(C)C)[C@@H]1[C@@H](O)[C@@H](O[C@H]2[C@H](NC(=O)[C@@H](O)CCC(=O)OC(C)(C)C)C[C@H](NC(=O)OC(C)(C)C)C([C@H]3OC(CNCC4CC(NC(=O)OC(C)(C)C)C4)=CC[C@H]3NC(=O)OC(C)(C)C)[C@@H]2O)OC[C@]1(C)O. The van der Waals surface area contributed by atoms with Crippen molar-refractivity contribution in [2.75, 3.05) is 26.7 Å². The van der Waals surface area contributed by atoms with Crippen molar-refractivity contribution in [1.82, 2.24) is 31.5 Å². The number of aliphatic hydroxyl groups is 4. The van der Waals surface area contributed by atoms with Crippen LogP contribution in [0.4, 0.5) is 19.2 Å². The predicted molar refractivity (Wildman–Crippen MR) is 279 cm³/mol. The minimum Gasteiger partial charge on any atom is -0.491 e. The zero-order chi connectivity index (χ0) is 58.4. The largest absolute Gasteiger partial charge is 0.491 e. The van der Waals surface area contributed by atoms with Crippen LogP contribution in [0.5, 0.6) is 0 Å². The lowest BCUT2D eigenvalue weighted by atomic mass is 9.72. The van der Waals surface area contributed by atoms with Gasteiger partial charge in [0.2, 0.25) is 5.91 Å². The van der Waals surface area contributed by atoms with Crippen LogP contribution in [0.2, 0.25) is 0 Å². The number of esters is 1. The molecular weight excluding hydrogens is 1010 g/mol. The summed E-state index contributed by atoms with van der Waals surface area (Å²) in [7, 11) is 1.32. The van der Waals surface area contributed by atoms with Crippen LogP contribution in [0.25, 0.3) is 0 Å². The second-order valence-corrected chi connectivity index (χ2v) is 26.0. The van der Waals surface area contributed by atoms with E-state index in [-0.39, 0.29) is 44.2 Å². The number of nitrogens with one attached hydrogen (secondary N) is 5. The Labute approximate surface area is 454 Å². The Bertz CT molecular complexity index is 2070. The standard InChI is InChI=1S/C53H92N6O18/c1-48(2,3)73-35(61)21-20-34(60)42(64)56-33-24-32(58-46(67)76-51(10,11)12)36(37(62)40(33)72-43-38(63)41(53(16,69)27-70-43)59(17)47(68)77-52(13,14)15)39-31(57-45(66)75-50(7,8)9)19-18-30(71-39)26-54-25-28-22-29(23-28)55-44(65)74-49(4,5)6/h18,28-29,31-34,36-41,43,54,60,62-63,69H,19-27H2,1-17H3,(H,55,65)(H,56,64)(H,57,66)(H,58,67)/t28?,29?,31-,32+,33-,34+,36?,37+,38-,39+,40+,41-,43-,53+/m1/s1. The molecule has 24 nitrogen and oxygen atoms in total. The van der Waals surface area contributed by atoms with Gasteiger partial charge in [-0.15, -0.1) is 0 Å². The Morgan fingerprint density at radius 1 is 0.714 bits per heavy atom. The summed E-state index contributed by atoms with van der Waals surface area (Å²) in [5, 5.41) is 62.6. The summed E-state index contributed by atoms with van der Waals surface area (Å²) in [5.41, 5.74) is -6.22. The van der Waals surface area contributed by atoms with E-state index in [1.165, 1.54) is 14.0 Å². The number of carbonyl (C=O) groups excluding carboxylic acids is 6. The Morgan fingerprint density at radius 2 is 1.23 bits per heavy atom. The zero-order valence-corrected chi connectivity index (χ0v) is 48.4. The molecule has 2 aliphatic carbocycles. The van der Waals surface area contributed by atoms with Gasteiger partial charge in [-0.25, -0.2) is 19.2 Å². The molecule has 2 aliphatic heterocycles. The highest BCUT2D eigenvalue weighted by Crippen LogP contribution is 2.39. The van der Waals surface area contributed by atoms with Crippen LogP contribution in [-0.2, 0) is 47.5 Å². The number of alkyl carbamates (subject to hydrolysis) is 3. The lowest BCUT2D eigenvalue weighted by Gasteiger charge is -2.52. The molecule has 5 amide bonds. The summed E-state index contributed by atoms with van der Waals surface area (Å²) >= 11 is 0. The predicted octanol–water partition coefficient (Wildman–Crippen LogP) is 3.78. The van der Waals surface area contributed by atoms with Gasteiger partial charge in [0.25, 0.3) is 0 Å². The van der Waals surface area contributed by atoms with Crippen LogP contribution in [0.1, 0.15) is 149 Å². The Kier molecular flexibility index (Phi) is 21.5. The number of carbonyl (C=O) groups is 6. The quantitative estimate of drug-likeness (QED) is 0.0784. The molecule has 12 atom stereocenters. The molecule has 3 fully saturated rings. The van der Waals surface area contributed by atoms with Crippen LogP contribution in [0.15, 0.2) is 11.8 Å². The topological polar surface area (TPSA) is 321 Å². The molecule has 0 bridgehead atoms. The fourth-order valence-electron chi connectivity index (χ4n) is 9.64. The molecule has 2 saturated carbocycles. The van der Waals surface area contributed by atoms with Crippen molar-refractivity contribution < 1.29 is 87.1 Å². The van der Waals surface area contributed by atoms with Crippen molar-refractivity contribution in [2.24, 2.45) is 11.8 Å². The Hall–Kier alpha value is -4.72.